The van der Waals surface area contributed by atoms with Gasteiger partial charge in [-0.15, -0.1) is 0 Å². The molecular weight excluding hydrogens is 236 g/mol. The molecule has 2 atom stereocenters. The zero-order valence-corrected chi connectivity index (χ0v) is 11.4. The van der Waals surface area contributed by atoms with Crippen molar-refractivity contribution in [3.8, 4) is 0 Å². The first-order valence-corrected chi connectivity index (χ1v) is 6.59. The Morgan fingerprint density at radius 1 is 1.26 bits per heavy atom. The van der Waals surface area contributed by atoms with Crippen molar-refractivity contribution in [3.63, 3.8) is 0 Å². The number of carbonyl (C=O) groups is 1. The molecule has 1 aliphatic rings. The van der Waals surface area contributed by atoms with E-state index in [1.165, 1.54) is 5.56 Å². The number of nitrogens with two attached hydrogens (primary N) is 1. The van der Waals surface area contributed by atoms with Gasteiger partial charge in [0.1, 0.15) is 6.04 Å². The third-order valence-electron chi connectivity index (χ3n) is 3.66. The van der Waals surface area contributed by atoms with E-state index in [0.717, 1.165) is 12.2 Å². The summed E-state index contributed by atoms with van der Waals surface area (Å²) in [5.41, 5.74) is 7.82. The van der Waals surface area contributed by atoms with Gasteiger partial charge in [-0.1, -0.05) is 49.4 Å². The predicted molar refractivity (Wildman–Crippen MR) is 77.4 cm³/mol. The van der Waals surface area contributed by atoms with Crippen molar-refractivity contribution in [1.29, 1.82) is 0 Å². The first-order valence-electron chi connectivity index (χ1n) is 6.59. The second kappa shape index (κ2) is 5.74. The molecule has 0 fully saturated rings. The molecule has 1 heterocycles. The van der Waals surface area contributed by atoms with Gasteiger partial charge >= 0.3 is 0 Å². The number of rotatable bonds is 4. The fraction of sp³-hybridized carbons (Fsp3) is 0.312. The highest BCUT2D eigenvalue weighted by Gasteiger charge is 2.25. The molecule has 1 amide bonds. The van der Waals surface area contributed by atoms with Gasteiger partial charge in [0.05, 0.1) is 0 Å². The van der Waals surface area contributed by atoms with Crippen LogP contribution >= 0.6 is 0 Å². The van der Waals surface area contributed by atoms with E-state index in [2.05, 4.69) is 30.0 Å². The largest absolute Gasteiger partial charge is 0.368 e. The van der Waals surface area contributed by atoms with Crippen LogP contribution in [-0.2, 0) is 4.79 Å². The van der Waals surface area contributed by atoms with Gasteiger partial charge in [-0.2, -0.15) is 0 Å². The number of hydrogen-bond acceptors (Lipinski definition) is 2. The summed E-state index contributed by atoms with van der Waals surface area (Å²) in [5, 5.41) is 0. The normalized spacial score (nSPS) is 17.8. The molecule has 0 saturated heterocycles. The Hall–Kier alpha value is -2.03. The summed E-state index contributed by atoms with van der Waals surface area (Å²) in [4.78, 5) is 13.5. The summed E-state index contributed by atoms with van der Waals surface area (Å²) in [6.45, 7) is 4.74. The Morgan fingerprint density at radius 2 is 1.95 bits per heavy atom. The van der Waals surface area contributed by atoms with Crippen molar-refractivity contribution < 1.29 is 4.79 Å². The van der Waals surface area contributed by atoms with Crippen molar-refractivity contribution in [2.45, 2.75) is 25.8 Å². The number of benzene rings is 1. The Labute approximate surface area is 114 Å². The molecular formula is C16H20N2O. The Balaban J connectivity index is 2.27. The van der Waals surface area contributed by atoms with Crippen LogP contribution in [0.25, 0.3) is 0 Å². The highest BCUT2D eigenvalue weighted by atomic mass is 16.1. The monoisotopic (exact) mass is 256 g/mol. The number of allylic oxidation sites excluding steroid dienone is 3. The molecule has 1 aromatic rings. The maximum atomic E-state index is 11.4. The minimum atomic E-state index is -0.290. The van der Waals surface area contributed by atoms with E-state index in [-0.39, 0.29) is 17.9 Å². The van der Waals surface area contributed by atoms with Gasteiger partial charge < -0.3 is 10.6 Å². The van der Waals surface area contributed by atoms with Gasteiger partial charge in [0.2, 0.25) is 5.91 Å². The Kier molecular flexibility index (Phi) is 4.05. The SMILES string of the molecule is CC(C1=CC=CCN1C(C)C(N)=O)c1ccccc1. The van der Waals surface area contributed by atoms with Crippen LogP contribution in [0, 0.1) is 0 Å². The van der Waals surface area contributed by atoms with E-state index in [0.29, 0.717) is 0 Å². The maximum Gasteiger partial charge on any atom is 0.239 e. The predicted octanol–water partition coefficient (Wildman–Crippen LogP) is 2.42. The zero-order valence-electron chi connectivity index (χ0n) is 11.4. The number of hydrogen-bond donors (Lipinski definition) is 1. The minimum Gasteiger partial charge on any atom is -0.368 e. The number of primary amides is 1. The van der Waals surface area contributed by atoms with Crippen LogP contribution in [-0.4, -0.2) is 23.4 Å². The van der Waals surface area contributed by atoms with Crippen molar-refractivity contribution in [2.75, 3.05) is 6.54 Å². The lowest BCUT2D eigenvalue weighted by molar-refractivity contribution is -0.121. The number of nitrogens with zero attached hydrogens (tertiary/aromatic N) is 1. The molecule has 1 aromatic carbocycles. The highest BCUT2D eigenvalue weighted by molar-refractivity contribution is 5.79. The molecule has 0 aliphatic carbocycles. The lowest BCUT2D eigenvalue weighted by atomic mass is 9.94. The lowest BCUT2D eigenvalue weighted by Crippen LogP contribution is -2.43. The molecule has 2 unspecified atom stereocenters. The average Bonchev–Trinajstić information content (AvgIpc) is 2.46. The van der Waals surface area contributed by atoms with E-state index < -0.39 is 0 Å². The van der Waals surface area contributed by atoms with Crippen molar-refractivity contribution in [1.82, 2.24) is 4.90 Å². The third-order valence-corrected chi connectivity index (χ3v) is 3.66. The van der Waals surface area contributed by atoms with Gasteiger partial charge in [-0.25, -0.2) is 0 Å². The van der Waals surface area contributed by atoms with Gasteiger partial charge in [0.15, 0.2) is 0 Å². The van der Waals surface area contributed by atoms with E-state index in [1.54, 1.807) is 0 Å². The molecule has 2 N–H and O–H groups in total. The molecule has 2 rings (SSSR count). The summed E-state index contributed by atoms with van der Waals surface area (Å²) in [7, 11) is 0. The molecule has 0 radical (unpaired) electrons. The number of amides is 1. The molecule has 1 aliphatic heterocycles. The van der Waals surface area contributed by atoms with Crippen LogP contribution in [0.15, 0.2) is 54.3 Å². The fourth-order valence-electron chi connectivity index (χ4n) is 2.38. The van der Waals surface area contributed by atoms with Crippen molar-refractivity contribution in [2.24, 2.45) is 5.73 Å². The van der Waals surface area contributed by atoms with E-state index in [9.17, 15) is 4.79 Å². The molecule has 0 aromatic heterocycles. The summed E-state index contributed by atoms with van der Waals surface area (Å²) < 4.78 is 0. The van der Waals surface area contributed by atoms with Gasteiger partial charge in [-0.05, 0) is 18.6 Å². The van der Waals surface area contributed by atoms with Crippen molar-refractivity contribution in [3.05, 3.63) is 59.8 Å². The lowest BCUT2D eigenvalue weighted by Gasteiger charge is -2.35. The summed E-state index contributed by atoms with van der Waals surface area (Å²) in [6, 6.07) is 10.0. The molecule has 100 valence electrons. The van der Waals surface area contributed by atoms with Crippen molar-refractivity contribution >= 4 is 5.91 Å². The second-order valence-electron chi connectivity index (χ2n) is 4.88. The summed E-state index contributed by atoms with van der Waals surface area (Å²) in [5.74, 6) is -0.0468. The van der Waals surface area contributed by atoms with Gasteiger partial charge in [0, 0.05) is 18.2 Å². The molecule has 3 nitrogen and oxygen atoms in total. The van der Waals surface area contributed by atoms with E-state index >= 15 is 0 Å². The topological polar surface area (TPSA) is 46.3 Å². The Morgan fingerprint density at radius 3 is 2.58 bits per heavy atom. The number of carbonyl (C=O) groups excluding carboxylic acids is 1. The second-order valence-corrected chi connectivity index (χ2v) is 4.88. The third kappa shape index (κ3) is 2.87. The highest BCUT2D eigenvalue weighted by Crippen LogP contribution is 2.29. The quantitative estimate of drug-likeness (QED) is 0.899. The van der Waals surface area contributed by atoms with Crippen LogP contribution in [0.4, 0.5) is 0 Å². The average molecular weight is 256 g/mol. The van der Waals surface area contributed by atoms with E-state index in [1.807, 2.05) is 37.3 Å². The first-order chi connectivity index (χ1) is 9.11. The fourth-order valence-corrected chi connectivity index (χ4v) is 2.38. The molecule has 19 heavy (non-hydrogen) atoms. The van der Waals surface area contributed by atoms with Crippen LogP contribution < -0.4 is 5.73 Å². The van der Waals surface area contributed by atoms with Crippen LogP contribution in [0.2, 0.25) is 0 Å². The molecule has 0 saturated carbocycles. The summed E-state index contributed by atoms with van der Waals surface area (Å²) in [6.07, 6.45) is 6.15. The maximum absolute atomic E-state index is 11.4. The summed E-state index contributed by atoms with van der Waals surface area (Å²) >= 11 is 0. The van der Waals surface area contributed by atoms with Crippen LogP contribution in [0.1, 0.15) is 25.3 Å². The molecule has 0 spiro atoms. The molecule has 0 bridgehead atoms. The smallest absolute Gasteiger partial charge is 0.239 e. The zero-order chi connectivity index (χ0) is 13.8. The first kappa shape index (κ1) is 13.4. The standard InChI is InChI=1S/C16H20N2O/c1-12(14-8-4-3-5-9-14)15-10-6-7-11-18(15)13(2)16(17)19/h3-10,12-13H,11H2,1-2H3,(H2,17,19). The van der Waals surface area contributed by atoms with Gasteiger partial charge in [-0.3, -0.25) is 4.79 Å². The van der Waals surface area contributed by atoms with Crippen LogP contribution in [0.5, 0.6) is 0 Å². The Bertz CT molecular complexity index is 505. The van der Waals surface area contributed by atoms with E-state index in [4.69, 9.17) is 5.73 Å². The van der Waals surface area contributed by atoms with Crippen LogP contribution in [0.3, 0.4) is 0 Å². The molecule has 3 heteroatoms. The minimum absolute atomic E-state index is 0.243. The van der Waals surface area contributed by atoms with Gasteiger partial charge in [0.25, 0.3) is 0 Å².